The Morgan fingerprint density at radius 2 is 1.62 bits per heavy atom. The van der Waals surface area contributed by atoms with Crippen LogP contribution in [0.25, 0.3) is 0 Å². The Hall–Kier alpha value is -2.66. The number of rotatable bonds is 7. The first kappa shape index (κ1) is 17.7. The third-order valence-electron chi connectivity index (χ3n) is 3.65. The summed E-state index contributed by atoms with van der Waals surface area (Å²) in [6.45, 7) is 1.17. The van der Waals surface area contributed by atoms with Gasteiger partial charge in [0.25, 0.3) is 11.8 Å². The van der Waals surface area contributed by atoms with Crippen molar-refractivity contribution >= 4 is 17.5 Å². The van der Waals surface area contributed by atoms with Crippen molar-refractivity contribution in [2.45, 2.75) is 6.42 Å². The Morgan fingerprint density at radius 3 is 2.25 bits per heavy atom. The number of amides is 2. The molecular formula is C19H22N2O3. The van der Waals surface area contributed by atoms with Crippen LogP contribution in [-0.4, -0.2) is 39.1 Å². The average molecular weight is 326 g/mol. The molecule has 126 valence electrons. The molecule has 5 nitrogen and oxygen atoms in total. The summed E-state index contributed by atoms with van der Waals surface area (Å²) in [6.07, 6.45) is 0.765. The van der Waals surface area contributed by atoms with E-state index in [2.05, 4.69) is 5.32 Å². The zero-order chi connectivity index (χ0) is 17.4. The quantitative estimate of drug-likeness (QED) is 0.796. The summed E-state index contributed by atoms with van der Waals surface area (Å²) in [4.78, 5) is 26.1. The molecule has 0 atom stereocenters. The van der Waals surface area contributed by atoms with Gasteiger partial charge in [-0.05, 0) is 42.8 Å². The highest BCUT2D eigenvalue weighted by molar-refractivity contribution is 6.06. The van der Waals surface area contributed by atoms with Crippen LogP contribution in [0.1, 0.15) is 27.1 Å². The van der Waals surface area contributed by atoms with Crippen molar-refractivity contribution in [3.05, 3.63) is 65.7 Å². The predicted octanol–water partition coefficient (Wildman–Crippen LogP) is 2.73. The lowest BCUT2D eigenvalue weighted by atomic mass is 10.1. The molecule has 0 unspecified atom stereocenters. The second kappa shape index (κ2) is 8.84. The Balaban J connectivity index is 1.98. The van der Waals surface area contributed by atoms with Gasteiger partial charge in [0.05, 0.1) is 0 Å². The van der Waals surface area contributed by atoms with E-state index in [-0.39, 0.29) is 11.8 Å². The fourth-order valence-corrected chi connectivity index (χ4v) is 2.25. The highest BCUT2D eigenvalue weighted by Crippen LogP contribution is 2.15. The molecule has 2 rings (SSSR count). The van der Waals surface area contributed by atoms with Crippen molar-refractivity contribution in [2.24, 2.45) is 0 Å². The molecule has 0 fully saturated rings. The lowest BCUT2D eigenvalue weighted by Crippen LogP contribution is -2.27. The maximum atomic E-state index is 12.5. The van der Waals surface area contributed by atoms with E-state index in [0.29, 0.717) is 24.3 Å². The first-order chi connectivity index (χ1) is 11.6. The van der Waals surface area contributed by atoms with E-state index < -0.39 is 0 Å². The summed E-state index contributed by atoms with van der Waals surface area (Å²) < 4.78 is 4.94. The number of carbonyl (C=O) groups is 2. The van der Waals surface area contributed by atoms with Gasteiger partial charge in [-0.1, -0.05) is 18.2 Å². The van der Waals surface area contributed by atoms with Crippen LogP contribution < -0.4 is 10.2 Å². The monoisotopic (exact) mass is 326 g/mol. The molecule has 5 heteroatoms. The highest BCUT2D eigenvalue weighted by atomic mass is 16.5. The van der Waals surface area contributed by atoms with E-state index in [1.165, 1.54) is 0 Å². The van der Waals surface area contributed by atoms with Crippen LogP contribution in [-0.2, 0) is 4.74 Å². The van der Waals surface area contributed by atoms with Crippen molar-refractivity contribution in [2.75, 3.05) is 32.2 Å². The van der Waals surface area contributed by atoms with Crippen LogP contribution in [0.3, 0.4) is 0 Å². The molecule has 2 amide bonds. The maximum Gasteiger partial charge on any atom is 0.258 e. The number of nitrogens with one attached hydrogen (secondary N) is 1. The zero-order valence-electron chi connectivity index (χ0n) is 14.0. The fourth-order valence-electron chi connectivity index (χ4n) is 2.25. The zero-order valence-corrected chi connectivity index (χ0v) is 14.0. The second-order valence-electron chi connectivity index (χ2n) is 5.38. The molecule has 0 spiro atoms. The molecule has 2 aromatic carbocycles. The predicted molar refractivity (Wildman–Crippen MR) is 94.4 cm³/mol. The minimum absolute atomic E-state index is 0.117. The third-order valence-corrected chi connectivity index (χ3v) is 3.65. The Morgan fingerprint density at radius 1 is 1.00 bits per heavy atom. The van der Waals surface area contributed by atoms with E-state index in [4.69, 9.17) is 4.74 Å². The summed E-state index contributed by atoms with van der Waals surface area (Å²) >= 11 is 0. The summed E-state index contributed by atoms with van der Waals surface area (Å²) in [6, 6.07) is 16.1. The van der Waals surface area contributed by atoms with Crippen molar-refractivity contribution < 1.29 is 14.3 Å². The molecule has 0 heterocycles. The maximum absolute atomic E-state index is 12.5. The highest BCUT2D eigenvalue weighted by Gasteiger charge is 2.14. The van der Waals surface area contributed by atoms with Crippen LogP contribution in [0.15, 0.2) is 54.6 Å². The third kappa shape index (κ3) is 4.67. The normalized spacial score (nSPS) is 10.2. The van der Waals surface area contributed by atoms with Gasteiger partial charge in [0.2, 0.25) is 0 Å². The molecule has 0 aliphatic carbocycles. The lowest BCUT2D eigenvalue weighted by molar-refractivity contribution is 0.0945. The second-order valence-corrected chi connectivity index (χ2v) is 5.38. The summed E-state index contributed by atoms with van der Waals surface area (Å²) in [5.74, 6) is -0.269. The van der Waals surface area contributed by atoms with Gasteiger partial charge in [-0.15, -0.1) is 0 Å². The van der Waals surface area contributed by atoms with Crippen molar-refractivity contribution in [1.82, 2.24) is 5.32 Å². The number of carbonyl (C=O) groups excluding carboxylic acids is 2. The lowest BCUT2D eigenvalue weighted by Gasteiger charge is -2.17. The van der Waals surface area contributed by atoms with Gasteiger partial charge in [0.15, 0.2) is 0 Å². The largest absolute Gasteiger partial charge is 0.385 e. The van der Waals surface area contributed by atoms with Crippen molar-refractivity contribution in [1.29, 1.82) is 0 Å². The Labute approximate surface area is 142 Å². The Kier molecular flexibility index (Phi) is 6.51. The molecule has 0 radical (unpaired) electrons. The van der Waals surface area contributed by atoms with Crippen molar-refractivity contribution in [3.63, 3.8) is 0 Å². The molecule has 0 saturated carbocycles. The van der Waals surface area contributed by atoms with Gasteiger partial charge < -0.3 is 15.0 Å². The molecule has 0 aliphatic heterocycles. The van der Waals surface area contributed by atoms with Gasteiger partial charge in [-0.3, -0.25) is 9.59 Å². The summed E-state index contributed by atoms with van der Waals surface area (Å²) in [5.41, 5.74) is 1.89. The molecule has 2 aromatic rings. The van der Waals surface area contributed by atoms with E-state index in [9.17, 15) is 9.59 Å². The molecular weight excluding hydrogens is 304 g/mol. The van der Waals surface area contributed by atoms with Gasteiger partial charge >= 0.3 is 0 Å². The van der Waals surface area contributed by atoms with E-state index in [0.717, 1.165) is 12.1 Å². The van der Waals surface area contributed by atoms with Crippen molar-refractivity contribution in [3.8, 4) is 0 Å². The van der Waals surface area contributed by atoms with Crippen LogP contribution in [0.5, 0.6) is 0 Å². The number of methoxy groups -OCH3 is 1. The first-order valence-corrected chi connectivity index (χ1v) is 7.84. The van der Waals surface area contributed by atoms with E-state index in [1.54, 1.807) is 43.3 Å². The number of nitrogens with zero attached hydrogens (tertiary/aromatic N) is 1. The average Bonchev–Trinajstić information content (AvgIpc) is 2.64. The minimum Gasteiger partial charge on any atom is -0.385 e. The fraction of sp³-hybridized carbons (Fsp3) is 0.263. The topological polar surface area (TPSA) is 58.6 Å². The van der Waals surface area contributed by atoms with Gasteiger partial charge in [-0.25, -0.2) is 0 Å². The molecule has 1 N–H and O–H groups in total. The standard InChI is InChI=1S/C19H22N2O3/c1-21(17-7-4-3-5-8-17)19(23)16-11-9-15(10-12-16)18(22)20-13-6-14-24-2/h3-5,7-12H,6,13-14H2,1-2H3,(H,20,22). The number of hydrogen-bond donors (Lipinski definition) is 1. The molecule has 0 aliphatic rings. The molecule has 0 saturated heterocycles. The minimum atomic E-state index is -0.151. The smallest absolute Gasteiger partial charge is 0.258 e. The van der Waals surface area contributed by atoms with Gasteiger partial charge in [0, 0.05) is 44.1 Å². The summed E-state index contributed by atoms with van der Waals surface area (Å²) in [5, 5.41) is 2.82. The van der Waals surface area contributed by atoms with Crippen LogP contribution in [0, 0.1) is 0 Å². The van der Waals surface area contributed by atoms with Crippen LogP contribution >= 0.6 is 0 Å². The SMILES string of the molecule is COCCCNC(=O)c1ccc(C(=O)N(C)c2ccccc2)cc1. The van der Waals surface area contributed by atoms with E-state index >= 15 is 0 Å². The molecule has 0 bridgehead atoms. The number of para-hydroxylation sites is 1. The molecule has 0 aromatic heterocycles. The number of ether oxygens (including phenoxy) is 1. The number of hydrogen-bond acceptors (Lipinski definition) is 3. The number of anilines is 1. The van der Waals surface area contributed by atoms with Gasteiger partial charge in [0.1, 0.15) is 0 Å². The van der Waals surface area contributed by atoms with E-state index in [1.807, 2.05) is 30.3 Å². The van der Waals surface area contributed by atoms with Crippen LogP contribution in [0.2, 0.25) is 0 Å². The Bertz CT molecular complexity index is 669. The molecule has 24 heavy (non-hydrogen) atoms. The van der Waals surface area contributed by atoms with Gasteiger partial charge in [-0.2, -0.15) is 0 Å². The summed E-state index contributed by atoms with van der Waals surface area (Å²) in [7, 11) is 3.36. The van der Waals surface area contributed by atoms with Crippen LogP contribution in [0.4, 0.5) is 5.69 Å². The number of benzene rings is 2. The first-order valence-electron chi connectivity index (χ1n) is 7.84.